The predicted octanol–water partition coefficient (Wildman–Crippen LogP) is 2.01. The zero-order chi connectivity index (χ0) is 19.5. The molecule has 3 N–H and O–H groups in total. The van der Waals surface area contributed by atoms with Crippen molar-refractivity contribution in [3.63, 3.8) is 0 Å². The fourth-order valence-corrected chi connectivity index (χ4v) is 3.17. The van der Waals surface area contributed by atoms with E-state index in [1.807, 2.05) is 19.1 Å². The predicted molar refractivity (Wildman–Crippen MR) is 108 cm³/mol. The third-order valence-corrected chi connectivity index (χ3v) is 4.48. The van der Waals surface area contributed by atoms with Gasteiger partial charge in [0.25, 0.3) is 0 Å². The third-order valence-electron chi connectivity index (χ3n) is 4.48. The second kappa shape index (κ2) is 12.0. The van der Waals surface area contributed by atoms with Gasteiger partial charge in [0, 0.05) is 19.7 Å². The van der Waals surface area contributed by atoms with E-state index >= 15 is 0 Å². The number of aliphatic hydroxyl groups excluding tert-OH is 1. The van der Waals surface area contributed by atoms with Crippen LogP contribution in [0.25, 0.3) is 0 Å². The average Bonchev–Trinajstić information content (AvgIpc) is 3.34. The summed E-state index contributed by atoms with van der Waals surface area (Å²) in [6.45, 7) is 11.1. The number of ether oxygens (including phenoxy) is 1. The van der Waals surface area contributed by atoms with Crippen LogP contribution in [0.3, 0.4) is 0 Å². The molecule has 1 aromatic rings. The Kier molecular flexibility index (Phi) is 9.66. The van der Waals surface area contributed by atoms with Crippen LogP contribution in [0, 0.1) is 5.92 Å². The Morgan fingerprint density at radius 2 is 2.07 bits per heavy atom. The SMILES string of the molecule is CCNC(=NCC(O)COCC(C)C)NCC(c1ccco1)N1CCCC1. The van der Waals surface area contributed by atoms with E-state index in [1.54, 1.807) is 6.26 Å². The van der Waals surface area contributed by atoms with E-state index in [9.17, 15) is 5.11 Å². The first-order valence-corrected chi connectivity index (χ1v) is 10.2. The lowest BCUT2D eigenvalue weighted by molar-refractivity contribution is 0.0301. The maximum atomic E-state index is 10.1. The second-order valence-corrected chi connectivity index (χ2v) is 7.46. The summed E-state index contributed by atoms with van der Waals surface area (Å²) in [6.07, 6.45) is 3.59. The molecule has 7 nitrogen and oxygen atoms in total. The van der Waals surface area contributed by atoms with Gasteiger partial charge in [-0.3, -0.25) is 9.89 Å². The van der Waals surface area contributed by atoms with Crippen molar-refractivity contribution in [3.8, 4) is 0 Å². The van der Waals surface area contributed by atoms with Crippen LogP contribution in [-0.2, 0) is 4.74 Å². The van der Waals surface area contributed by atoms with E-state index in [2.05, 4.69) is 34.4 Å². The summed E-state index contributed by atoms with van der Waals surface area (Å²) in [5, 5.41) is 16.7. The van der Waals surface area contributed by atoms with Gasteiger partial charge < -0.3 is 24.9 Å². The first-order chi connectivity index (χ1) is 13.1. The summed E-state index contributed by atoms with van der Waals surface area (Å²) in [5.41, 5.74) is 0. The van der Waals surface area contributed by atoms with E-state index in [4.69, 9.17) is 9.15 Å². The molecule has 1 aliphatic rings. The molecule has 0 bridgehead atoms. The van der Waals surface area contributed by atoms with E-state index < -0.39 is 6.10 Å². The molecule has 1 saturated heterocycles. The van der Waals surface area contributed by atoms with Crippen molar-refractivity contribution in [2.45, 2.75) is 45.8 Å². The number of aliphatic imine (C=N–C) groups is 1. The first kappa shape index (κ1) is 21.7. The van der Waals surface area contributed by atoms with E-state index in [0.717, 1.165) is 25.4 Å². The van der Waals surface area contributed by atoms with Gasteiger partial charge in [0.2, 0.25) is 0 Å². The minimum absolute atomic E-state index is 0.186. The van der Waals surface area contributed by atoms with Crippen molar-refractivity contribution in [2.75, 3.05) is 45.9 Å². The van der Waals surface area contributed by atoms with E-state index in [1.165, 1.54) is 12.8 Å². The fourth-order valence-electron chi connectivity index (χ4n) is 3.17. The van der Waals surface area contributed by atoms with Crippen molar-refractivity contribution in [1.29, 1.82) is 0 Å². The van der Waals surface area contributed by atoms with Crippen molar-refractivity contribution in [3.05, 3.63) is 24.2 Å². The molecule has 0 aromatic carbocycles. The van der Waals surface area contributed by atoms with Gasteiger partial charge >= 0.3 is 0 Å². The summed E-state index contributed by atoms with van der Waals surface area (Å²) in [7, 11) is 0. The standard InChI is InChI=1S/C20H36N4O3/c1-4-21-20(22-12-17(25)15-26-14-16(2)3)23-13-18(19-8-7-11-27-19)24-9-5-6-10-24/h7-8,11,16-18,25H,4-6,9-10,12-15H2,1-3H3,(H2,21,22,23). The zero-order valence-electron chi connectivity index (χ0n) is 17.0. The summed E-state index contributed by atoms with van der Waals surface area (Å²) >= 11 is 0. The first-order valence-electron chi connectivity index (χ1n) is 10.2. The highest BCUT2D eigenvalue weighted by Crippen LogP contribution is 2.24. The van der Waals surface area contributed by atoms with Gasteiger partial charge in [-0.15, -0.1) is 0 Å². The molecule has 2 unspecified atom stereocenters. The number of nitrogens with one attached hydrogen (secondary N) is 2. The molecule has 1 aliphatic heterocycles. The number of likely N-dealkylation sites (tertiary alicyclic amines) is 1. The molecule has 0 aliphatic carbocycles. The highest BCUT2D eigenvalue weighted by atomic mass is 16.5. The normalized spacial score (nSPS) is 18.0. The smallest absolute Gasteiger partial charge is 0.191 e. The number of hydrogen-bond acceptors (Lipinski definition) is 5. The molecule has 2 atom stereocenters. The molecular formula is C20H36N4O3. The number of rotatable bonds is 11. The quantitative estimate of drug-likeness (QED) is 0.402. The average molecular weight is 381 g/mol. The Hall–Kier alpha value is -1.57. The van der Waals surface area contributed by atoms with Crippen LogP contribution in [0.1, 0.15) is 45.4 Å². The lowest BCUT2D eigenvalue weighted by Gasteiger charge is -2.26. The monoisotopic (exact) mass is 380 g/mol. The van der Waals surface area contributed by atoms with Gasteiger partial charge in [-0.25, -0.2) is 0 Å². The molecular weight excluding hydrogens is 344 g/mol. The van der Waals surface area contributed by atoms with E-state index in [-0.39, 0.29) is 6.04 Å². The molecule has 0 saturated carbocycles. The zero-order valence-corrected chi connectivity index (χ0v) is 17.0. The minimum Gasteiger partial charge on any atom is -0.468 e. The van der Waals surface area contributed by atoms with Crippen LogP contribution >= 0.6 is 0 Å². The molecule has 2 rings (SSSR count). The van der Waals surface area contributed by atoms with Gasteiger partial charge in [-0.1, -0.05) is 13.8 Å². The summed E-state index contributed by atoms with van der Waals surface area (Å²) in [5.74, 6) is 2.14. The molecule has 1 aromatic heterocycles. The fraction of sp³-hybridized carbons (Fsp3) is 0.750. The van der Waals surface area contributed by atoms with Crippen LogP contribution < -0.4 is 10.6 Å². The Morgan fingerprint density at radius 3 is 2.70 bits per heavy atom. The van der Waals surface area contributed by atoms with Gasteiger partial charge in [0.15, 0.2) is 5.96 Å². The summed E-state index contributed by atoms with van der Waals surface area (Å²) in [6, 6.07) is 4.15. The van der Waals surface area contributed by atoms with Gasteiger partial charge in [0.1, 0.15) is 5.76 Å². The Bertz CT molecular complexity index is 527. The summed E-state index contributed by atoms with van der Waals surface area (Å²) in [4.78, 5) is 6.95. The van der Waals surface area contributed by atoms with Crippen molar-refractivity contribution < 1.29 is 14.3 Å². The topological polar surface area (TPSA) is 82.3 Å². The highest BCUT2D eigenvalue weighted by Gasteiger charge is 2.25. The number of furan rings is 1. The molecule has 1 fully saturated rings. The molecule has 0 radical (unpaired) electrons. The Balaban J connectivity index is 1.87. The number of aliphatic hydroxyl groups is 1. The van der Waals surface area contributed by atoms with Crippen molar-refractivity contribution in [2.24, 2.45) is 10.9 Å². The van der Waals surface area contributed by atoms with Crippen LogP contribution in [-0.4, -0.2) is 68.0 Å². The second-order valence-electron chi connectivity index (χ2n) is 7.46. The molecule has 2 heterocycles. The van der Waals surface area contributed by atoms with Crippen LogP contribution in [0.5, 0.6) is 0 Å². The molecule has 0 amide bonds. The lowest BCUT2D eigenvalue weighted by atomic mass is 10.2. The molecule has 27 heavy (non-hydrogen) atoms. The van der Waals surface area contributed by atoms with Gasteiger partial charge in [0.05, 0.1) is 31.6 Å². The van der Waals surface area contributed by atoms with Crippen molar-refractivity contribution in [1.82, 2.24) is 15.5 Å². The number of guanidine groups is 1. The minimum atomic E-state index is -0.598. The van der Waals surface area contributed by atoms with Crippen LogP contribution in [0.4, 0.5) is 0 Å². The van der Waals surface area contributed by atoms with E-state index in [0.29, 0.717) is 38.2 Å². The highest BCUT2D eigenvalue weighted by molar-refractivity contribution is 5.79. The lowest BCUT2D eigenvalue weighted by Crippen LogP contribution is -2.43. The largest absolute Gasteiger partial charge is 0.468 e. The molecule has 154 valence electrons. The summed E-state index contributed by atoms with van der Waals surface area (Å²) < 4.78 is 11.1. The molecule has 0 spiro atoms. The third kappa shape index (κ3) is 7.91. The van der Waals surface area contributed by atoms with Crippen LogP contribution in [0.2, 0.25) is 0 Å². The maximum absolute atomic E-state index is 10.1. The number of hydrogen-bond donors (Lipinski definition) is 3. The van der Waals surface area contributed by atoms with Crippen LogP contribution in [0.15, 0.2) is 27.8 Å². The Morgan fingerprint density at radius 1 is 1.30 bits per heavy atom. The van der Waals surface area contributed by atoms with Gasteiger partial charge in [-0.2, -0.15) is 0 Å². The maximum Gasteiger partial charge on any atom is 0.191 e. The van der Waals surface area contributed by atoms with Crippen molar-refractivity contribution >= 4 is 5.96 Å². The van der Waals surface area contributed by atoms with Gasteiger partial charge in [-0.05, 0) is 50.9 Å². The Labute approximate surface area is 163 Å². The number of nitrogens with zero attached hydrogens (tertiary/aromatic N) is 2. The molecule has 7 heteroatoms.